The van der Waals surface area contributed by atoms with E-state index in [-0.39, 0.29) is 23.5 Å². The van der Waals surface area contributed by atoms with Crippen molar-refractivity contribution in [2.45, 2.75) is 25.8 Å². The smallest absolute Gasteiger partial charge is 0.228 e. The van der Waals surface area contributed by atoms with Crippen LogP contribution in [0, 0.1) is 6.92 Å². The first-order valence-electron chi connectivity index (χ1n) is 8.57. The molecule has 1 amide bonds. The quantitative estimate of drug-likeness (QED) is 0.869. The molecule has 26 heavy (non-hydrogen) atoms. The van der Waals surface area contributed by atoms with Gasteiger partial charge in [0.2, 0.25) is 5.91 Å². The Morgan fingerprint density at radius 3 is 2.54 bits per heavy atom. The van der Waals surface area contributed by atoms with Crippen molar-refractivity contribution in [1.29, 1.82) is 0 Å². The van der Waals surface area contributed by atoms with Gasteiger partial charge in [0.05, 0.1) is 29.8 Å². The molecule has 3 rings (SSSR count). The molecule has 0 spiro atoms. The molecule has 0 bridgehead atoms. The predicted molar refractivity (Wildman–Crippen MR) is 103 cm³/mol. The monoisotopic (exact) mass is 373 g/mol. The molecule has 0 saturated carbocycles. The first kappa shape index (κ1) is 18.4. The highest BCUT2D eigenvalue weighted by atomic mass is 32.2. The summed E-state index contributed by atoms with van der Waals surface area (Å²) in [5.41, 5.74) is 2.74. The normalized spacial score (nSPS) is 18.5. The third-order valence-electron chi connectivity index (χ3n) is 4.63. The first-order valence-corrected chi connectivity index (χ1v) is 10.4. The highest BCUT2D eigenvalue weighted by Crippen LogP contribution is 2.22. The van der Waals surface area contributed by atoms with Gasteiger partial charge in [0.25, 0.3) is 0 Å². The molecule has 1 aliphatic heterocycles. The van der Waals surface area contributed by atoms with E-state index in [9.17, 15) is 13.2 Å². The molecule has 6 nitrogen and oxygen atoms in total. The Balaban J connectivity index is 1.58. The Kier molecular flexibility index (Phi) is 5.27. The van der Waals surface area contributed by atoms with Gasteiger partial charge in [-0.15, -0.1) is 0 Å². The zero-order valence-electron chi connectivity index (χ0n) is 15.0. The summed E-state index contributed by atoms with van der Waals surface area (Å²) in [5.74, 6) is 0.998. The maximum Gasteiger partial charge on any atom is 0.228 e. The molecule has 2 aromatic rings. The van der Waals surface area contributed by atoms with Gasteiger partial charge in [0, 0.05) is 13.1 Å². The van der Waals surface area contributed by atoms with Gasteiger partial charge in [-0.3, -0.25) is 4.79 Å². The van der Waals surface area contributed by atoms with Gasteiger partial charge in [-0.25, -0.2) is 13.4 Å². The number of anilines is 2. The molecule has 7 heteroatoms. The van der Waals surface area contributed by atoms with Crippen molar-refractivity contribution < 1.29 is 13.2 Å². The molecule has 0 radical (unpaired) electrons. The van der Waals surface area contributed by atoms with Crippen molar-refractivity contribution >= 4 is 27.2 Å². The SMILES string of the molecule is Cc1ccc(CC(=O)Nc2ccc(N(C)C3CCS(=O)(=O)C3)nc2)cc1. The van der Waals surface area contributed by atoms with Crippen molar-refractivity contribution in [3.63, 3.8) is 0 Å². The topological polar surface area (TPSA) is 79.4 Å². The first-order chi connectivity index (χ1) is 12.3. The summed E-state index contributed by atoms with van der Waals surface area (Å²) in [4.78, 5) is 18.4. The summed E-state index contributed by atoms with van der Waals surface area (Å²) >= 11 is 0. The number of amides is 1. The largest absolute Gasteiger partial charge is 0.356 e. The Morgan fingerprint density at radius 2 is 1.96 bits per heavy atom. The van der Waals surface area contributed by atoms with Crippen molar-refractivity contribution in [2.24, 2.45) is 0 Å². The lowest BCUT2D eigenvalue weighted by Gasteiger charge is -2.24. The van der Waals surface area contributed by atoms with Crippen LogP contribution in [0.15, 0.2) is 42.6 Å². The average molecular weight is 373 g/mol. The number of aromatic nitrogens is 1. The van der Waals surface area contributed by atoms with Crippen LogP contribution in [0.2, 0.25) is 0 Å². The van der Waals surface area contributed by atoms with Gasteiger partial charge in [0.15, 0.2) is 9.84 Å². The van der Waals surface area contributed by atoms with Crippen LogP contribution >= 0.6 is 0 Å². The third kappa shape index (κ3) is 4.60. The lowest BCUT2D eigenvalue weighted by molar-refractivity contribution is -0.115. The van der Waals surface area contributed by atoms with E-state index in [1.807, 2.05) is 43.1 Å². The van der Waals surface area contributed by atoms with E-state index in [4.69, 9.17) is 0 Å². The molecule has 1 saturated heterocycles. The van der Waals surface area contributed by atoms with Crippen LogP contribution in [0.1, 0.15) is 17.5 Å². The number of benzene rings is 1. The van der Waals surface area contributed by atoms with Crippen LogP contribution in [0.5, 0.6) is 0 Å². The number of aryl methyl sites for hydroxylation is 1. The summed E-state index contributed by atoms with van der Waals surface area (Å²) in [7, 11) is -1.08. The molecule has 2 heterocycles. The number of nitrogens with zero attached hydrogens (tertiary/aromatic N) is 2. The second-order valence-electron chi connectivity index (χ2n) is 6.78. The second-order valence-corrected chi connectivity index (χ2v) is 9.01. The van der Waals surface area contributed by atoms with Crippen LogP contribution in [-0.4, -0.2) is 43.9 Å². The number of hydrogen-bond donors (Lipinski definition) is 1. The van der Waals surface area contributed by atoms with Crippen LogP contribution in [0.25, 0.3) is 0 Å². The van der Waals surface area contributed by atoms with Crippen molar-refractivity contribution in [2.75, 3.05) is 28.8 Å². The summed E-state index contributed by atoms with van der Waals surface area (Å²) in [5, 5.41) is 2.84. The van der Waals surface area contributed by atoms with Crippen molar-refractivity contribution in [3.8, 4) is 0 Å². The zero-order chi connectivity index (χ0) is 18.7. The second kappa shape index (κ2) is 7.45. The highest BCUT2D eigenvalue weighted by molar-refractivity contribution is 7.91. The summed E-state index contributed by atoms with van der Waals surface area (Å²) in [6.45, 7) is 2.01. The minimum atomic E-state index is -2.93. The number of carbonyl (C=O) groups excluding carboxylic acids is 1. The van der Waals surface area contributed by atoms with E-state index >= 15 is 0 Å². The predicted octanol–water partition coefficient (Wildman–Crippen LogP) is 2.19. The molecule has 0 aliphatic carbocycles. The van der Waals surface area contributed by atoms with Gasteiger partial charge in [-0.1, -0.05) is 29.8 Å². The number of sulfone groups is 1. The maximum atomic E-state index is 12.2. The molecule has 1 atom stereocenters. The van der Waals surface area contributed by atoms with E-state index < -0.39 is 9.84 Å². The fourth-order valence-electron chi connectivity index (χ4n) is 3.03. The van der Waals surface area contributed by atoms with Crippen LogP contribution < -0.4 is 10.2 Å². The van der Waals surface area contributed by atoms with Crippen LogP contribution in [0.3, 0.4) is 0 Å². The molecule has 1 aromatic heterocycles. The fraction of sp³-hybridized carbons (Fsp3) is 0.368. The Labute approximate surface area is 154 Å². The Bertz CT molecular complexity index is 877. The lowest BCUT2D eigenvalue weighted by Crippen LogP contribution is -2.33. The number of carbonyl (C=O) groups is 1. The van der Waals surface area contributed by atoms with Crippen LogP contribution in [-0.2, 0) is 21.1 Å². The minimum absolute atomic E-state index is 0.0468. The molecule has 1 aromatic carbocycles. The summed E-state index contributed by atoms with van der Waals surface area (Å²) in [6, 6.07) is 11.4. The van der Waals surface area contributed by atoms with Gasteiger partial charge < -0.3 is 10.2 Å². The van der Waals surface area contributed by atoms with Crippen molar-refractivity contribution in [3.05, 3.63) is 53.7 Å². The number of rotatable bonds is 5. The van der Waals surface area contributed by atoms with Gasteiger partial charge in [-0.2, -0.15) is 0 Å². The standard InChI is InChI=1S/C19H23N3O3S/c1-14-3-5-15(6-4-14)11-19(23)21-16-7-8-18(20-12-16)22(2)17-9-10-26(24,25)13-17/h3-8,12,17H,9-11,13H2,1-2H3,(H,21,23). The van der Waals surface area contributed by atoms with Gasteiger partial charge >= 0.3 is 0 Å². The summed E-state index contributed by atoms with van der Waals surface area (Å²) in [6.07, 6.45) is 2.53. The molecular formula is C19H23N3O3S. The molecular weight excluding hydrogens is 350 g/mol. The third-order valence-corrected chi connectivity index (χ3v) is 6.38. The average Bonchev–Trinajstić information content (AvgIpc) is 2.97. The van der Waals surface area contributed by atoms with E-state index in [0.29, 0.717) is 24.3 Å². The minimum Gasteiger partial charge on any atom is -0.356 e. The summed E-state index contributed by atoms with van der Waals surface area (Å²) < 4.78 is 23.3. The van der Waals surface area contributed by atoms with Crippen molar-refractivity contribution in [1.82, 2.24) is 4.98 Å². The zero-order valence-corrected chi connectivity index (χ0v) is 15.8. The van der Waals surface area contributed by atoms with E-state index in [1.165, 1.54) is 0 Å². The van der Waals surface area contributed by atoms with E-state index in [1.54, 1.807) is 18.3 Å². The van der Waals surface area contributed by atoms with Crippen LogP contribution in [0.4, 0.5) is 11.5 Å². The Morgan fingerprint density at radius 1 is 1.23 bits per heavy atom. The number of pyridine rings is 1. The molecule has 138 valence electrons. The molecule has 1 N–H and O–H groups in total. The van der Waals surface area contributed by atoms with Gasteiger partial charge in [0.1, 0.15) is 5.82 Å². The highest BCUT2D eigenvalue weighted by Gasteiger charge is 2.31. The maximum absolute atomic E-state index is 12.2. The molecule has 1 fully saturated rings. The number of nitrogens with one attached hydrogen (secondary N) is 1. The Hall–Kier alpha value is -2.41. The van der Waals surface area contributed by atoms with Gasteiger partial charge in [-0.05, 0) is 31.0 Å². The van der Waals surface area contributed by atoms with E-state index in [2.05, 4.69) is 10.3 Å². The molecule has 1 unspecified atom stereocenters. The molecule has 1 aliphatic rings. The fourth-order valence-corrected chi connectivity index (χ4v) is 4.81. The lowest BCUT2D eigenvalue weighted by atomic mass is 10.1. The number of hydrogen-bond acceptors (Lipinski definition) is 5. The van der Waals surface area contributed by atoms with E-state index in [0.717, 1.165) is 11.1 Å².